The summed E-state index contributed by atoms with van der Waals surface area (Å²) >= 11 is 1.41. The van der Waals surface area contributed by atoms with Crippen molar-refractivity contribution in [1.82, 2.24) is 10.2 Å². The number of nitrogens with zero attached hydrogens (tertiary/aromatic N) is 1. The van der Waals surface area contributed by atoms with Crippen LogP contribution in [0.3, 0.4) is 0 Å². The fourth-order valence-corrected chi connectivity index (χ4v) is 2.85. The standard InChI is InChI=1S/C18H22N2O3S/c1-13-5-4-6-15(11-13)23-10-9-20(3)17(21)12-19-18(22)16-8-7-14(2)24-16/h4-8,11H,9-10,12H2,1-3H3,(H,19,22). The highest BCUT2D eigenvalue weighted by molar-refractivity contribution is 7.13. The minimum atomic E-state index is -0.217. The first-order valence-corrected chi connectivity index (χ1v) is 8.55. The molecule has 0 aliphatic carbocycles. The molecule has 1 N–H and O–H groups in total. The topological polar surface area (TPSA) is 58.6 Å². The Balaban J connectivity index is 1.71. The van der Waals surface area contributed by atoms with Gasteiger partial charge in [-0.25, -0.2) is 0 Å². The zero-order valence-electron chi connectivity index (χ0n) is 14.2. The lowest BCUT2D eigenvalue weighted by atomic mass is 10.2. The largest absolute Gasteiger partial charge is 0.492 e. The third kappa shape index (κ3) is 5.38. The zero-order valence-corrected chi connectivity index (χ0v) is 15.0. The van der Waals surface area contributed by atoms with Crippen molar-refractivity contribution in [2.75, 3.05) is 26.7 Å². The van der Waals surface area contributed by atoms with Crippen LogP contribution < -0.4 is 10.1 Å². The number of hydrogen-bond acceptors (Lipinski definition) is 4. The van der Waals surface area contributed by atoms with Gasteiger partial charge in [0.1, 0.15) is 12.4 Å². The molecule has 2 amide bonds. The summed E-state index contributed by atoms with van der Waals surface area (Å²) in [4.78, 5) is 27.2. The molecule has 0 fully saturated rings. The molecule has 1 heterocycles. The quantitative estimate of drug-likeness (QED) is 0.838. The minimum absolute atomic E-state index is 0.0171. The van der Waals surface area contributed by atoms with Crippen LogP contribution in [0.2, 0.25) is 0 Å². The highest BCUT2D eigenvalue weighted by Gasteiger charge is 2.12. The summed E-state index contributed by atoms with van der Waals surface area (Å²) in [6, 6.07) is 11.4. The van der Waals surface area contributed by atoms with Crippen molar-refractivity contribution >= 4 is 23.2 Å². The number of benzene rings is 1. The van der Waals surface area contributed by atoms with Crippen LogP contribution in [0.5, 0.6) is 5.75 Å². The van der Waals surface area contributed by atoms with E-state index in [9.17, 15) is 9.59 Å². The summed E-state index contributed by atoms with van der Waals surface area (Å²) in [6.07, 6.45) is 0. The summed E-state index contributed by atoms with van der Waals surface area (Å²) in [5.74, 6) is 0.424. The molecule has 0 saturated heterocycles. The second kappa shape index (κ2) is 8.49. The van der Waals surface area contributed by atoms with Gasteiger partial charge in [-0.3, -0.25) is 9.59 Å². The van der Waals surface area contributed by atoms with Crippen molar-refractivity contribution in [2.24, 2.45) is 0 Å². The van der Waals surface area contributed by atoms with Crippen LogP contribution in [-0.4, -0.2) is 43.5 Å². The first kappa shape index (κ1) is 18.0. The fraction of sp³-hybridized carbons (Fsp3) is 0.333. The number of carbonyl (C=O) groups excluding carboxylic acids is 2. The number of likely N-dealkylation sites (N-methyl/N-ethyl adjacent to an activating group) is 1. The number of ether oxygens (including phenoxy) is 1. The smallest absolute Gasteiger partial charge is 0.261 e. The molecule has 6 heteroatoms. The van der Waals surface area contributed by atoms with Crippen molar-refractivity contribution < 1.29 is 14.3 Å². The number of rotatable bonds is 7. The van der Waals surface area contributed by atoms with Gasteiger partial charge in [-0.1, -0.05) is 12.1 Å². The van der Waals surface area contributed by atoms with E-state index < -0.39 is 0 Å². The van der Waals surface area contributed by atoms with Gasteiger partial charge in [-0.05, 0) is 43.7 Å². The Kier molecular flexibility index (Phi) is 6.37. The molecule has 0 radical (unpaired) electrons. The summed E-state index contributed by atoms with van der Waals surface area (Å²) in [5.41, 5.74) is 1.13. The monoisotopic (exact) mass is 346 g/mol. The van der Waals surface area contributed by atoms with E-state index in [0.29, 0.717) is 18.0 Å². The second-order valence-corrected chi connectivity index (χ2v) is 6.86. The maximum absolute atomic E-state index is 12.0. The van der Waals surface area contributed by atoms with Gasteiger partial charge in [0.25, 0.3) is 5.91 Å². The maximum Gasteiger partial charge on any atom is 0.261 e. The molecule has 0 aliphatic heterocycles. The van der Waals surface area contributed by atoms with Crippen LogP contribution >= 0.6 is 11.3 Å². The normalized spacial score (nSPS) is 10.3. The van der Waals surface area contributed by atoms with E-state index in [4.69, 9.17) is 4.74 Å². The molecule has 1 aromatic heterocycles. The molecule has 2 aromatic rings. The van der Waals surface area contributed by atoms with Crippen molar-refractivity contribution in [3.05, 3.63) is 51.7 Å². The van der Waals surface area contributed by atoms with Gasteiger partial charge in [0.15, 0.2) is 0 Å². The van der Waals surface area contributed by atoms with Crippen LogP contribution in [0, 0.1) is 13.8 Å². The van der Waals surface area contributed by atoms with Gasteiger partial charge in [-0.15, -0.1) is 11.3 Å². The Bertz CT molecular complexity index is 712. The summed E-state index contributed by atoms with van der Waals surface area (Å²) in [5, 5.41) is 2.65. The molecular weight excluding hydrogens is 324 g/mol. The molecule has 1 aromatic carbocycles. The Labute approximate surface area is 146 Å². The van der Waals surface area contributed by atoms with Gasteiger partial charge in [0, 0.05) is 11.9 Å². The van der Waals surface area contributed by atoms with Crippen LogP contribution in [0.1, 0.15) is 20.1 Å². The Morgan fingerprint density at radius 2 is 2.00 bits per heavy atom. The first-order chi connectivity index (χ1) is 11.5. The number of nitrogens with one attached hydrogen (secondary N) is 1. The number of aryl methyl sites for hydroxylation is 2. The van der Waals surface area contributed by atoms with Gasteiger partial charge in [0.05, 0.1) is 18.0 Å². The lowest BCUT2D eigenvalue weighted by Crippen LogP contribution is -2.39. The van der Waals surface area contributed by atoms with Gasteiger partial charge < -0.3 is 15.0 Å². The lowest BCUT2D eigenvalue weighted by molar-refractivity contribution is -0.129. The highest BCUT2D eigenvalue weighted by Crippen LogP contribution is 2.14. The van der Waals surface area contributed by atoms with Crippen LogP contribution in [0.25, 0.3) is 0 Å². The third-order valence-corrected chi connectivity index (χ3v) is 4.47. The minimum Gasteiger partial charge on any atom is -0.492 e. The van der Waals surface area contributed by atoms with Crippen LogP contribution in [0.4, 0.5) is 0 Å². The third-order valence-electron chi connectivity index (χ3n) is 3.48. The van der Waals surface area contributed by atoms with E-state index in [1.165, 1.54) is 11.3 Å². The van der Waals surface area contributed by atoms with Gasteiger partial charge in [0.2, 0.25) is 5.91 Å². The van der Waals surface area contributed by atoms with E-state index >= 15 is 0 Å². The number of thiophene rings is 1. The maximum atomic E-state index is 12.0. The van der Waals surface area contributed by atoms with Crippen LogP contribution in [-0.2, 0) is 4.79 Å². The van der Waals surface area contributed by atoms with E-state index in [1.807, 2.05) is 44.2 Å². The Morgan fingerprint density at radius 1 is 1.21 bits per heavy atom. The highest BCUT2D eigenvalue weighted by atomic mass is 32.1. The van der Waals surface area contributed by atoms with Crippen molar-refractivity contribution in [1.29, 1.82) is 0 Å². The molecular formula is C18H22N2O3S. The predicted octanol–water partition coefficient (Wildman–Crippen LogP) is 2.63. The Hall–Kier alpha value is -2.34. The van der Waals surface area contributed by atoms with Gasteiger partial charge >= 0.3 is 0 Å². The summed E-state index contributed by atoms with van der Waals surface area (Å²) in [6.45, 7) is 4.79. The number of amides is 2. The molecule has 5 nitrogen and oxygen atoms in total. The molecule has 0 spiro atoms. The van der Waals surface area contributed by atoms with Gasteiger partial charge in [-0.2, -0.15) is 0 Å². The van der Waals surface area contributed by atoms with E-state index in [1.54, 1.807) is 18.0 Å². The molecule has 0 atom stereocenters. The average Bonchev–Trinajstić information content (AvgIpc) is 2.99. The number of carbonyl (C=O) groups is 2. The molecule has 128 valence electrons. The Morgan fingerprint density at radius 3 is 2.67 bits per heavy atom. The van der Waals surface area contributed by atoms with Crippen LogP contribution in [0.15, 0.2) is 36.4 Å². The summed E-state index contributed by atoms with van der Waals surface area (Å²) < 4.78 is 5.63. The zero-order chi connectivity index (χ0) is 17.5. The van der Waals surface area contributed by atoms with E-state index in [-0.39, 0.29) is 18.4 Å². The number of hydrogen-bond donors (Lipinski definition) is 1. The van der Waals surface area contributed by atoms with Crippen molar-refractivity contribution in [3.63, 3.8) is 0 Å². The summed E-state index contributed by atoms with van der Waals surface area (Å²) in [7, 11) is 1.70. The molecule has 24 heavy (non-hydrogen) atoms. The predicted molar refractivity (Wildman–Crippen MR) is 95.7 cm³/mol. The molecule has 2 rings (SSSR count). The SMILES string of the molecule is Cc1cccc(OCCN(C)C(=O)CNC(=O)c2ccc(C)s2)c1. The average molecular weight is 346 g/mol. The molecule has 0 aliphatic rings. The van der Waals surface area contributed by atoms with Crippen molar-refractivity contribution in [2.45, 2.75) is 13.8 Å². The van der Waals surface area contributed by atoms with Crippen molar-refractivity contribution in [3.8, 4) is 5.75 Å². The molecule has 0 bridgehead atoms. The lowest BCUT2D eigenvalue weighted by Gasteiger charge is -2.17. The van der Waals surface area contributed by atoms with E-state index in [2.05, 4.69) is 5.32 Å². The first-order valence-electron chi connectivity index (χ1n) is 7.74. The second-order valence-electron chi connectivity index (χ2n) is 5.57. The van der Waals surface area contributed by atoms with E-state index in [0.717, 1.165) is 16.2 Å². The molecule has 0 unspecified atom stereocenters. The molecule has 0 saturated carbocycles. The fourth-order valence-electron chi connectivity index (χ4n) is 2.06.